The molecule has 0 spiro atoms. The quantitative estimate of drug-likeness (QED) is 0.621. The predicted octanol–water partition coefficient (Wildman–Crippen LogP) is 1.51. The molecule has 0 radical (unpaired) electrons. The Morgan fingerprint density at radius 2 is 0.630 bits per heavy atom. The Kier molecular flexibility index (Phi) is 5.96. The molecule has 1 aliphatic rings. The van der Waals surface area contributed by atoms with Crippen molar-refractivity contribution in [2.24, 2.45) is 5.92 Å². The molecular formula is C18HN9. The van der Waals surface area contributed by atoms with Crippen LogP contribution in [0.3, 0.4) is 0 Å². The summed E-state index contributed by atoms with van der Waals surface area (Å²) in [6.45, 7) is 0. The van der Waals surface area contributed by atoms with Crippen LogP contribution in [0.15, 0.2) is 44.6 Å². The van der Waals surface area contributed by atoms with Crippen molar-refractivity contribution in [2.45, 2.75) is 0 Å². The Bertz CT molecular complexity index is 1160. The van der Waals surface area contributed by atoms with Gasteiger partial charge in [0.25, 0.3) is 0 Å². The lowest BCUT2D eigenvalue weighted by Gasteiger charge is -2.09. The van der Waals surface area contributed by atoms with E-state index in [1.54, 1.807) is 18.2 Å². The molecule has 0 amide bonds. The maximum Gasteiger partial charge on any atom is 0.119 e. The second-order valence-corrected chi connectivity index (χ2v) is 4.53. The first-order valence-electron chi connectivity index (χ1n) is 6.63. The van der Waals surface area contributed by atoms with E-state index >= 15 is 0 Å². The topological polar surface area (TPSA) is 214 Å². The van der Waals surface area contributed by atoms with E-state index in [1.807, 2.05) is 0 Å². The lowest BCUT2D eigenvalue weighted by molar-refractivity contribution is 0.956. The molecule has 0 unspecified atom stereocenters. The molecule has 118 valence electrons. The number of allylic oxidation sites excluding steroid dienone is 8. The Labute approximate surface area is 153 Å². The van der Waals surface area contributed by atoms with Crippen molar-refractivity contribution >= 4 is 0 Å². The molecule has 0 fully saturated rings. The highest BCUT2D eigenvalue weighted by atomic mass is 14.4. The Morgan fingerprint density at radius 1 is 0.370 bits per heavy atom. The minimum absolute atomic E-state index is 0.648. The largest absolute Gasteiger partial charge is 0.197 e. The van der Waals surface area contributed by atoms with Gasteiger partial charge in [0.15, 0.2) is 0 Å². The SMILES string of the molecule is N#CC1=C(C#N)/C(C#N)=C(/C#N)C(C#N)\C(C#N)=C(C#N)/C(C#N)=C\1C#N. The number of hydrogen-bond acceptors (Lipinski definition) is 9. The van der Waals surface area contributed by atoms with Crippen LogP contribution >= 0.6 is 0 Å². The maximum atomic E-state index is 9.43. The highest BCUT2D eigenvalue weighted by Crippen LogP contribution is 2.35. The number of nitrogens with zero attached hydrogens (tertiary/aromatic N) is 9. The summed E-state index contributed by atoms with van der Waals surface area (Å²) in [5.74, 6) is -1.76. The third-order valence-electron chi connectivity index (χ3n) is 3.41. The summed E-state index contributed by atoms with van der Waals surface area (Å²) >= 11 is 0. The van der Waals surface area contributed by atoms with Gasteiger partial charge in [-0.2, -0.15) is 47.4 Å². The fourth-order valence-corrected chi connectivity index (χ4v) is 2.25. The monoisotopic (exact) mass is 343 g/mol. The summed E-state index contributed by atoms with van der Waals surface area (Å²) in [7, 11) is 0. The van der Waals surface area contributed by atoms with Crippen LogP contribution in [0.4, 0.5) is 0 Å². The molecule has 0 saturated carbocycles. The van der Waals surface area contributed by atoms with Crippen LogP contribution in [0.25, 0.3) is 0 Å². The van der Waals surface area contributed by atoms with Crippen LogP contribution in [0.2, 0.25) is 0 Å². The average molecular weight is 343 g/mol. The van der Waals surface area contributed by atoms with Gasteiger partial charge in [-0.1, -0.05) is 0 Å². The highest BCUT2D eigenvalue weighted by Gasteiger charge is 2.33. The van der Waals surface area contributed by atoms with Gasteiger partial charge in [-0.3, -0.25) is 0 Å². The van der Waals surface area contributed by atoms with E-state index in [4.69, 9.17) is 0 Å². The average Bonchev–Trinajstić information content (AvgIpc) is 2.74. The van der Waals surface area contributed by atoms with Crippen molar-refractivity contribution in [1.29, 1.82) is 47.4 Å². The zero-order chi connectivity index (χ0) is 20.6. The molecule has 27 heavy (non-hydrogen) atoms. The molecule has 0 bridgehead atoms. The van der Waals surface area contributed by atoms with Crippen LogP contribution in [0, 0.1) is 108 Å². The third-order valence-corrected chi connectivity index (χ3v) is 3.41. The van der Waals surface area contributed by atoms with Crippen LogP contribution in [0.5, 0.6) is 0 Å². The summed E-state index contributed by atoms with van der Waals surface area (Å²) in [4.78, 5) is 0. The molecule has 0 N–H and O–H groups in total. The van der Waals surface area contributed by atoms with E-state index in [1.165, 1.54) is 36.4 Å². The first-order valence-corrected chi connectivity index (χ1v) is 6.63. The lowest BCUT2D eigenvalue weighted by atomic mass is 9.85. The summed E-state index contributed by atoms with van der Waals surface area (Å²) in [6.07, 6.45) is 0. The second kappa shape index (κ2) is 8.29. The van der Waals surface area contributed by atoms with Crippen molar-refractivity contribution < 1.29 is 0 Å². The van der Waals surface area contributed by atoms with Gasteiger partial charge in [0, 0.05) is 0 Å². The van der Waals surface area contributed by atoms with Crippen LogP contribution < -0.4 is 0 Å². The third kappa shape index (κ3) is 2.94. The molecule has 1 rings (SSSR count). The zero-order valence-corrected chi connectivity index (χ0v) is 13.1. The fourth-order valence-electron chi connectivity index (χ4n) is 2.25. The van der Waals surface area contributed by atoms with Gasteiger partial charge in [0.05, 0.1) is 62.8 Å². The minimum atomic E-state index is -1.76. The molecule has 1 aliphatic carbocycles. The van der Waals surface area contributed by atoms with Crippen molar-refractivity contribution in [2.75, 3.05) is 0 Å². The van der Waals surface area contributed by atoms with E-state index in [9.17, 15) is 47.4 Å². The predicted molar refractivity (Wildman–Crippen MR) is 82.1 cm³/mol. The van der Waals surface area contributed by atoms with Gasteiger partial charge >= 0.3 is 0 Å². The number of hydrogen-bond donors (Lipinski definition) is 0. The molecule has 9 heteroatoms. The van der Waals surface area contributed by atoms with Gasteiger partial charge in [-0.05, 0) is 0 Å². The van der Waals surface area contributed by atoms with Crippen molar-refractivity contribution in [1.82, 2.24) is 0 Å². The van der Waals surface area contributed by atoms with E-state index in [0.29, 0.717) is 0 Å². The normalized spacial score (nSPS) is 27.0. The maximum absolute atomic E-state index is 9.43. The number of nitriles is 9. The van der Waals surface area contributed by atoms with Crippen molar-refractivity contribution in [3.8, 4) is 54.6 Å². The van der Waals surface area contributed by atoms with Crippen molar-refractivity contribution in [3.63, 3.8) is 0 Å². The summed E-state index contributed by atoms with van der Waals surface area (Å²) < 4.78 is 0. The highest BCUT2D eigenvalue weighted by molar-refractivity contribution is 5.75. The van der Waals surface area contributed by atoms with Gasteiger partial charge in [-0.25, -0.2) is 0 Å². The summed E-state index contributed by atoms with van der Waals surface area (Å²) in [5.41, 5.74) is -5.54. The van der Waals surface area contributed by atoms with Crippen molar-refractivity contribution in [3.05, 3.63) is 44.6 Å². The Morgan fingerprint density at radius 3 is 0.815 bits per heavy atom. The molecule has 0 saturated heterocycles. The van der Waals surface area contributed by atoms with Gasteiger partial charge in [0.1, 0.15) is 42.3 Å². The summed E-state index contributed by atoms with van der Waals surface area (Å²) in [5, 5.41) is 84.6. The molecular weight excluding hydrogens is 342 g/mol. The van der Waals surface area contributed by atoms with E-state index in [-0.39, 0.29) is 0 Å². The first-order chi connectivity index (χ1) is 13.0. The Hall–Kier alpha value is -5.63. The zero-order valence-electron chi connectivity index (χ0n) is 13.1. The molecule has 0 heterocycles. The smallest absolute Gasteiger partial charge is 0.119 e. The molecule has 0 atom stereocenters. The van der Waals surface area contributed by atoms with E-state index in [0.717, 1.165) is 0 Å². The number of rotatable bonds is 0. The van der Waals surface area contributed by atoms with E-state index in [2.05, 4.69) is 0 Å². The first kappa shape index (κ1) is 19.4. The molecule has 0 aromatic carbocycles. The van der Waals surface area contributed by atoms with Gasteiger partial charge in [0.2, 0.25) is 0 Å². The van der Waals surface area contributed by atoms with Gasteiger partial charge < -0.3 is 0 Å². The standard InChI is InChI=1S/C18HN9/c19-1-10-11(2-20)13(4-22)15(6-24)17(8-26)18(9-27)16(7-25)14(5-23)12(10)3-21/h10H/b13-11-,14-12-,17-15-,18-16-. The minimum Gasteiger partial charge on any atom is -0.197 e. The van der Waals surface area contributed by atoms with Crippen LogP contribution in [0.1, 0.15) is 0 Å². The van der Waals surface area contributed by atoms with E-state index < -0.39 is 50.5 Å². The molecule has 0 aliphatic heterocycles. The second-order valence-electron chi connectivity index (χ2n) is 4.53. The van der Waals surface area contributed by atoms with Crippen LogP contribution in [-0.2, 0) is 0 Å². The van der Waals surface area contributed by atoms with Gasteiger partial charge in [-0.15, -0.1) is 0 Å². The molecule has 0 aromatic rings. The lowest BCUT2D eigenvalue weighted by Crippen LogP contribution is -2.09. The fraction of sp³-hybridized carbons (Fsp3) is 0.0556. The molecule has 0 aromatic heterocycles. The summed E-state index contributed by atoms with van der Waals surface area (Å²) in [6, 6.07) is 13.8. The Balaban J connectivity index is 4.63. The molecule has 9 nitrogen and oxygen atoms in total. The van der Waals surface area contributed by atoms with Crippen LogP contribution in [-0.4, -0.2) is 0 Å².